The average molecular weight is 237 g/mol. The first-order valence-electron chi connectivity index (χ1n) is 4.89. The lowest BCUT2D eigenvalue weighted by atomic mass is 10.1. The zero-order valence-corrected chi connectivity index (χ0v) is 8.83. The van der Waals surface area contributed by atoms with Crippen LogP contribution in [0.25, 0.3) is 0 Å². The van der Waals surface area contributed by atoms with E-state index in [0.29, 0.717) is 12.2 Å². The highest BCUT2D eigenvalue weighted by Gasteiger charge is 2.33. The normalized spacial score (nSPS) is 14.1. The van der Waals surface area contributed by atoms with Crippen molar-refractivity contribution in [1.82, 2.24) is 20.4 Å². The molecule has 8 heteroatoms. The van der Waals surface area contributed by atoms with Gasteiger partial charge < -0.3 is 0 Å². The summed E-state index contributed by atoms with van der Waals surface area (Å²) < 4.78 is 38.2. The van der Waals surface area contributed by atoms with E-state index < -0.39 is 18.6 Å². The van der Waals surface area contributed by atoms with Crippen LogP contribution in [0, 0.1) is 0 Å². The molecule has 0 aliphatic heterocycles. The Bertz CT molecular complexity index is 322. The molecule has 0 aliphatic carbocycles. The molecule has 16 heavy (non-hydrogen) atoms. The lowest BCUT2D eigenvalue weighted by Crippen LogP contribution is -2.33. The van der Waals surface area contributed by atoms with Gasteiger partial charge in [-0.2, -0.15) is 13.2 Å². The van der Waals surface area contributed by atoms with E-state index in [0.717, 1.165) is 6.42 Å². The van der Waals surface area contributed by atoms with Crippen LogP contribution in [0.4, 0.5) is 13.2 Å². The number of nitrogens with zero attached hydrogens (tertiary/aromatic N) is 3. The van der Waals surface area contributed by atoms with Gasteiger partial charge in [-0.1, -0.05) is 12.1 Å². The number of hydrogen-bond acceptors (Lipinski definition) is 4. The second-order valence-corrected chi connectivity index (χ2v) is 3.42. The molecule has 0 saturated heterocycles. The van der Waals surface area contributed by atoms with E-state index in [9.17, 15) is 13.2 Å². The predicted molar refractivity (Wildman–Crippen MR) is 51.0 cm³/mol. The van der Waals surface area contributed by atoms with Crippen molar-refractivity contribution in [2.24, 2.45) is 5.84 Å². The minimum absolute atomic E-state index is 0.349. The fourth-order valence-corrected chi connectivity index (χ4v) is 1.40. The van der Waals surface area contributed by atoms with Gasteiger partial charge in [0, 0.05) is 6.54 Å². The van der Waals surface area contributed by atoms with Crippen LogP contribution < -0.4 is 11.3 Å². The van der Waals surface area contributed by atoms with Crippen LogP contribution in [-0.4, -0.2) is 21.2 Å². The molecule has 5 nitrogen and oxygen atoms in total. The molecule has 0 fully saturated rings. The second kappa shape index (κ2) is 5.26. The molecule has 1 unspecified atom stereocenters. The summed E-state index contributed by atoms with van der Waals surface area (Å²) in [6, 6.07) is -1.01. The summed E-state index contributed by atoms with van der Waals surface area (Å²) in [5.74, 6) is 5.12. The van der Waals surface area contributed by atoms with Crippen LogP contribution in [0.1, 0.15) is 31.5 Å². The molecule has 0 aromatic carbocycles. The Kier molecular flexibility index (Phi) is 4.25. The molecule has 0 saturated carbocycles. The average Bonchev–Trinajstić information content (AvgIpc) is 2.61. The van der Waals surface area contributed by atoms with Gasteiger partial charge >= 0.3 is 6.18 Å². The van der Waals surface area contributed by atoms with Crippen molar-refractivity contribution in [3.63, 3.8) is 0 Å². The molecule has 1 atom stereocenters. The molecule has 1 rings (SSSR count). The van der Waals surface area contributed by atoms with Crippen molar-refractivity contribution >= 4 is 0 Å². The quantitative estimate of drug-likeness (QED) is 0.595. The van der Waals surface area contributed by atoms with Gasteiger partial charge in [0.1, 0.15) is 0 Å². The van der Waals surface area contributed by atoms with Crippen LogP contribution >= 0.6 is 0 Å². The van der Waals surface area contributed by atoms with Crippen molar-refractivity contribution < 1.29 is 13.2 Å². The third kappa shape index (κ3) is 3.46. The van der Waals surface area contributed by atoms with Gasteiger partial charge in [0.15, 0.2) is 0 Å². The van der Waals surface area contributed by atoms with Crippen LogP contribution in [-0.2, 0) is 6.54 Å². The smallest absolute Gasteiger partial charge is 0.271 e. The van der Waals surface area contributed by atoms with E-state index >= 15 is 0 Å². The lowest BCUT2D eigenvalue weighted by Gasteiger charge is -2.18. The molecule has 0 radical (unpaired) electrons. The third-order valence-electron chi connectivity index (χ3n) is 2.08. The maximum absolute atomic E-state index is 12.3. The van der Waals surface area contributed by atoms with Crippen molar-refractivity contribution in [2.75, 3.05) is 0 Å². The fraction of sp³-hybridized carbons (Fsp3) is 0.750. The molecule has 92 valence electrons. The first-order valence-corrected chi connectivity index (χ1v) is 4.89. The topological polar surface area (TPSA) is 68.8 Å². The number of alkyl halides is 3. The predicted octanol–water partition coefficient (Wildman–Crippen LogP) is 1.14. The molecular formula is C8H14F3N5. The third-order valence-corrected chi connectivity index (χ3v) is 2.08. The summed E-state index contributed by atoms with van der Waals surface area (Å²) in [5, 5.41) is 7.30. The summed E-state index contributed by atoms with van der Waals surface area (Å²) in [7, 11) is 0. The van der Waals surface area contributed by atoms with E-state index in [1.54, 1.807) is 0 Å². The molecule has 0 amide bonds. The van der Waals surface area contributed by atoms with Crippen LogP contribution in [0.3, 0.4) is 0 Å². The first kappa shape index (κ1) is 12.9. The summed E-state index contributed by atoms with van der Waals surface area (Å²) in [6.07, 6.45) is -3.26. The van der Waals surface area contributed by atoms with Gasteiger partial charge in [0.25, 0.3) is 0 Å². The zero-order valence-electron chi connectivity index (χ0n) is 8.83. The zero-order chi connectivity index (χ0) is 12.2. The van der Waals surface area contributed by atoms with E-state index in [-0.39, 0.29) is 0 Å². The summed E-state index contributed by atoms with van der Waals surface area (Å²) in [4.78, 5) is 0. The van der Waals surface area contributed by atoms with Gasteiger partial charge in [-0.3, -0.25) is 11.3 Å². The number of nitrogens with two attached hydrogens (primary N) is 1. The summed E-state index contributed by atoms with van der Waals surface area (Å²) in [5.41, 5.74) is 2.49. The molecule has 3 N–H and O–H groups in total. The Balaban J connectivity index is 2.82. The number of aromatic nitrogens is 3. The number of hydrogen-bond donors (Lipinski definition) is 2. The number of nitrogens with one attached hydrogen (secondary N) is 1. The molecule has 0 bridgehead atoms. The maximum atomic E-state index is 12.3. The van der Waals surface area contributed by atoms with Gasteiger partial charge in [0.2, 0.25) is 0 Å². The van der Waals surface area contributed by atoms with E-state index in [1.165, 1.54) is 10.9 Å². The molecular weight excluding hydrogens is 223 g/mol. The fourth-order valence-electron chi connectivity index (χ4n) is 1.40. The number of halogens is 3. The maximum Gasteiger partial charge on any atom is 0.391 e. The number of hydrazine groups is 1. The molecule has 1 aromatic rings. The standard InChI is InChI=1S/C8H14F3N5/c1-2-3-16-7(5-13-15-16)6(14-12)4-8(9,10)11/h5-6,14H,2-4,12H2,1H3. The van der Waals surface area contributed by atoms with E-state index in [2.05, 4.69) is 15.7 Å². The van der Waals surface area contributed by atoms with Gasteiger partial charge in [-0.25, -0.2) is 4.68 Å². The minimum Gasteiger partial charge on any atom is -0.271 e. The summed E-state index contributed by atoms with van der Waals surface area (Å²) in [6.45, 7) is 2.42. The number of aryl methyl sites for hydroxylation is 1. The molecule has 0 spiro atoms. The molecule has 1 heterocycles. The highest BCUT2D eigenvalue weighted by Crippen LogP contribution is 2.28. The van der Waals surface area contributed by atoms with Gasteiger partial charge in [0.05, 0.1) is 24.4 Å². The van der Waals surface area contributed by atoms with Gasteiger partial charge in [-0.05, 0) is 6.42 Å². The van der Waals surface area contributed by atoms with Crippen LogP contribution in [0.15, 0.2) is 6.20 Å². The largest absolute Gasteiger partial charge is 0.391 e. The van der Waals surface area contributed by atoms with E-state index in [4.69, 9.17) is 5.84 Å². The lowest BCUT2D eigenvalue weighted by molar-refractivity contribution is -0.140. The Labute approximate surface area is 90.8 Å². The van der Waals surface area contributed by atoms with Crippen LogP contribution in [0.2, 0.25) is 0 Å². The SMILES string of the molecule is CCCn1nncc1C(CC(F)(F)F)NN. The Morgan fingerprint density at radius 2 is 2.25 bits per heavy atom. The van der Waals surface area contributed by atoms with Crippen molar-refractivity contribution in [3.05, 3.63) is 11.9 Å². The number of rotatable bonds is 5. The minimum atomic E-state index is -4.28. The monoisotopic (exact) mass is 237 g/mol. The van der Waals surface area contributed by atoms with E-state index in [1.807, 2.05) is 6.92 Å². The Morgan fingerprint density at radius 1 is 1.56 bits per heavy atom. The molecule has 1 aromatic heterocycles. The van der Waals surface area contributed by atoms with Gasteiger partial charge in [-0.15, -0.1) is 5.10 Å². The molecule has 0 aliphatic rings. The van der Waals surface area contributed by atoms with Crippen molar-refractivity contribution in [3.8, 4) is 0 Å². The van der Waals surface area contributed by atoms with Crippen molar-refractivity contribution in [1.29, 1.82) is 0 Å². The summed E-state index contributed by atoms with van der Waals surface area (Å²) >= 11 is 0. The highest BCUT2D eigenvalue weighted by molar-refractivity contribution is 5.02. The second-order valence-electron chi connectivity index (χ2n) is 3.42. The highest BCUT2D eigenvalue weighted by atomic mass is 19.4. The first-order chi connectivity index (χ1) is 7.48. The Morgan fingerprint density at radius 3 is 2.75 bits per heavy atom. The van der Waals surface area contributed by atoms with Crippen LogP contribution in [0.5, 0.6) is 0 Å². The Hall–Kier alpha value is -1.15. The van der Waals surface area contributed by atoms with Crippen molar-refractivity contribution in [2.45, 2.75) is 38.5 Å².